The van der Waals surface area contributed by atoms with Gasteiger partial charge in [0.2, 0.25) is 0 Å². The first-order valence-corrected chi connectivity index (χ1v) is 10.9. The van der Waals surface area contributed by atoms with Crippen molar-refractivity contribution in [3.05, 3.63) is 57.9 Å². The molecular formula is C20H19ClN2O5S. The van der Waals surface area contributed by atoms with Gasteiger partial charge in [-0.2, -0.15) is 0 Å². The van der Waals surface area contributed by atoms with E-state index in [0.29, 0.717) is 16.7 Å². The van der Waals surface area contributed by atoms with Crippen molar-refractivity contribution in [1.82, 2.24) is 0 Å². The highest BCUT2D eigenvalue weighted by molar-refractivity contribution is 7.92. The fourth-order valence-electron chi connectivity index (χ4n) is 3.54. The summed E-state index contributed by atoms with van der Waals surface area (Å²) in [5.74, 6) is 0.120. The zero-order chi connectivity index (χ0) is 20.6. The van der Waals surface area contributed by atoms with Crippen LogP contribution in [0.15, 0.2) is 56.6 Å². The summed E-state index contributed by atoms with van der Waals surface area (Å²) < 4.78 is 39.3. The summed E-state index contributed by atoms with van der Waals surface area (Å²) in [7, 11) is -2.80. The van der Waals surface area contributed by atoms with E-state index in [1.54, 1.807) is 12.1 Å². The maximum Gasteiger partial charge on any atom is 0.363 e. The Hall–Kier alpha value is -2.71. The number of para-hydroxylation sites is 1. The van der Waals surface area contributed by atoms with Crippen LogP contribution >= 0.6 is 11.6 Å². The average Bonchev–Trinajstić information content (AvgIpc) is 3.22. The molecule has 152 valence electrons. The Morgan fingerprint density at radius 1 is 1.14 bits per heavy atom. The first-order valence-electron chi connectivity index (χ1n) is 9.08. The molecule has 1 fully saturated rings. The SMILES string of the molecule is COc1ccc(Cl)cc1S(=O)(=O)Nc1c(N2CCCC2)c2ccccc2oc1=O. The van der Waals surface area contributed by atoms with Crippen LogP contribution in [0, 0.1) is 0 Å². The largest absolute Gasteiger partial charge is 0.495 e. The average molecular weight is 435 g/mol. The Balaban J connectivity index is 1.90. The van der Waals surface area contributed by atoms with E-state index in [1.165, 1.54) is 25.3 Å². The number of hydrogen-bond acceptors (Lipinski definition) is 6. The number of rotatable bonds is 5. The third-order valence-electron chi connectivity index (χ3n) is 4.86. The fourth-order valence-corrected chi connectivity index (χ4v) is 5.04. The zero-order valence-electron chi connectivity index (χ0n) is 15.6. The van der Waals surface area contributed by atoms with E-state index in [1.807, 2.05) is 17.0 Å². The minimum atomic E-state index is -4.17. The highest BCUT2D eigenvalue weighted by Crippen LogP contribution is 2.36. The van der Waals surface area contributed by atoms with Crippen molar-refractivity contribution >= 4 is 44.0 Å². The van der Waals surface area contributed by atoms with Crippen LogP contribution in [0.4, 0.5) is 11.4 Å². The van der Waals surface area contributed by atoms with Gasteiger partial charge in [-0.25, -0.2) is 13.2 Å². The molecule has 0 radical (unpaired) electrons. The predicted octanol–water partition coefficient (Wildman–Crippen LogP) is 3.86. The molecule has 0 aliphatic carbocycles. The highest BCUT2D eigenvalue weighted by atomic mass is 35.5. The topological polar surface area (TPSA) is 88.8 Å². The van der Waals surface area contributed by atoms with Gasteiger partial charge in [-0.15, -0.1) is 0 Å². The van der Waals surface area contributed by atoms with Crippen LogP contribution in [-0.2, 0) is 10.0 Å². The molecule has 4 rings (SSSR count). The Kier molecular flexibility index (Phi) is 5.14. The number of fused-ring (bicyclic) bond motifs is 1. The molecule has 9 heteroatoms. The van der Waals surface area contributed by atoms with E-state index in [4.69, 9.17) is 20.8 Å². The lowest BCUT2D eigenvalue weighted by Gasteiger charge is -2.23. The summed E-state index contributed by atoms with van der Waals surface area (Å²) in [5, 5.41) is 0.904. The summed E-state index contributed by atoms with van der Waals surface area (Å²) in [5.41, 5.74) is 0.0596. The van der Waals surface area contributed by atoms with Crippen molar-refractivity contribution in [2.75, 3.05) is 29.8 Å². The van der Waals surface area contributed by atoms with Crippen LogP contribution in [0.1, 0.15) is 12.8 Å². The first-order chi connectivity index (χ1) is 13.9. The van der Waals surface area contributed by atoms with Gasteiger partial charge in [0.1, 0.15) is 16.2 Å². The summed E-state index contributed by atoms with van der Waals surface area (Å²) in [4.78, 5) is 14.6. The monoisotopic (exact) mass is 434 g/mol. The van der Waals surface area contributed by atoms with E-state index >= 15 is 0 Å². The second-order valence-corrected chi connectivity index (χ2v) is 8.79. The van der Waals surface area contributed by atoms with Crippen LogP contribution in [0.2, 0.25) is 5.02 Å². The number of ether oxygens (including phenoxy) is 1. The van der Waals surface area contributed by atoms with E-state index in [9.17, 15) is 13.2 Å². The lowest BCUT2D eigenvalue weighted by molar-refractivity contribution is 0.403. The molecule has 0 spiro atoms. The van der Waals surface area contributed by atoms with Gasteiger partial charge < -0.3 is 14.1 Å². The number of halogens is 1. The highest BCUT2D eigenvalue weighted by Gasteiger charge is 2.28. The number of benzene rings is 2. The zero-order valence-corrected chi connectivity index (χ0v) is 17.2. The Morgan fingerprint density at radius 3 is 2.59 bits per heavy atom. The summed E-state index contributed by atoms with van der Waals surface area (Å²) in [6.45, 7) is 1.45. The molecule has 1 N–H and O–H groups in total. The number of nitrogens with zero attached hydrogens (tertiary/aromatic N) is 1. The molecule has 1 aliphatic heterocycles. The molecule has 0 amide bonds. The summed E-state index contributed by atoms with van der Waals surface area (Å²) >= 11 is 5.99. The number of nitrogens with one attached hydrogen (secondary N) is 1. The van der Waals surface area contributed by atoms with Gasteiger partial charge in [0.15, 0.2) is 5.69 Å². The molecule has 0 saturated carbocycles. The van der Waals surface area contributed by atoms with Gasteiger partial charge in [-0.05, 0) is 43.2 Å². The number of sulfonamides is 1. The number of methoxy groups -OCH3 is 1. The molecule has 0 unspecified atom stereocenters. The lowest BCUT2D eigenvalue weighted by atomic mass is 10.1. The second kappa shape index (κ2) is 7.61. The molecular weight excluding hydrogens is 416 g/mol. The molecule has 2 heterocycles. The van der Waals surface area contributed by atoms with Gasteiger partial charge >= 0.3 is 5.63 Å². The van der Waals surface area contributed by atoms with Gasteiger partial charge in [-0.3, -0.25) is 4.72 Å². The van der Waals surface area contributed by atoms with Crippen LogP contribution in [0.5, 0.6) is 5.75 Å². The third-order valence-corrected chi connectivity index (χ3v) is 6.47. The number of anilines is 2. The Morgan fingerprint density at radius 2 is 1.86 bits per heavy atom. The standard InChI is InChI=1S/C20H19ClN2O5S/c1-27-16-9-8-13(21)12-17(16)29(25,26)22-18-19(23-10-4-5-11-23)14-6-2-3-7-15(14)28-20(18)24/h2-3,6-9,12,22H,4-5,10-11H2,1H3. The van der Waals surface area contributed by atoms with Crippen molar-refractivity contribution in [3.8, 4) is 5.75 Å². The molecule has 1 aromatic heterocycles. The maximum absolute atomic E-state index is 13.1. The lowest BCUT2D eigenvalue weighted by Crippen LogP contribution is -2.26. The normalized spacial score (nSPS) is 14.3. The first kappa shape index (κ1) is 19.6. The van der Waals surface area contributed by atoms with E-state index in [-0.39, 0.29) is 21.4 Å². The van der Waals surface area contributed by atoms with Gasteiger partial charge in [-0.1, -0.05) is 23.7 Å². The van der Waals surface area contributed by atoms with Gasteiger partial charge in [0.05, 0.1) is 12.8 Å². The molecule has 1 saturated heterocycles. The van der Waals surface area contributed by atoms with Crippen LogP contribution in [0.25, 0.3) is 11.0 Å². The molecule has 1 aliphatic rings. The van der Waals surface area contributed by atoms with Gasteiger partial charge in [0, 0.05) is 23.5 Å². The van der Waals surface area contributed by atoms with E-state index in [2.05, 4.69) is 4.72 Å². The van der Waals surface area contributed by atoms with Crippen molar-refractivity contribution in [2.45, 2.75) is 17.7 Å². The van der Waals surface area contributed by atoms with Crippen molar-refractivity contribution < 1.29 is 17.6 Å². The smallest absolute Gasteiger partial charge is 0.363 e. The van der Waals surface area contributed by atoms with Crippen LogP contribution < -0.4 is 20.0 Å². The Labute approximate surface area is 172 Å². The molecule has 2 aromatic carbocycles. The summed E-state index contributed by atoms with van der Waals surface area (Å²) in [6, 6.07) is 11.3. The molecule has 0 atom stereocenters. The van der Waals surface area contributed by atoms with Crippen molar-refractivity contribution in [2.24, 2.45) is 0 Å². The van der Waals surface area contributed by atoms with Gasteiger partial charge in [0.25, 0.3) is 10.0 Å². The minimum Gasteiger partial charge on any atom is -0.495 e. The molecule has 3 aromatic rings. The number of hydrogen-bond donors (Lipinski definition) is 1. The fraction of sp³-hybridized carbons (Fsp3) is 0.250. The molecule has 7 nitrogen and oxygen atoms in total. The van der Waals surface area contributed by atoms with E-state index < -0.39 is 15.6 Å². The summed E-state index contributed by atoms with van der Waals surface area (Å²) in [6.07, 6.45) is 1.92. The van der Waals surface area contributed by atoms with E-state index in [0.717, 1.165) is 25.9 Å². The molecule has 29 heavy (non-hydrogen) atoms. The quantitative estimate of drug-likeness (QED) is 0.613. The predicted molar refractivity (Wildman–Crippen MR) is 113 cm³/mol. The molecule has 0 bridgehead atoms. The maximum atomic E-state index is 13.1. The van der Waals surface area contributed by atoms with Crippen LogP contribution in [0.3, 0.4) is 0 Å². The Bertz CT molecular complexity index is 1230. The van der Waals surface area contributed by atoms with Crippen molar-refractivity contribution in [3.63, 3.8) is 0 Å². The third kappa shape index (κ3) is 3.65. The second-order valence-electron chi connectivity index (χ2n) is 6.70. The van der Waals surface area contributed by atoms with Crippen LogP contribution in [-0.4, -0.2) is 28.6 Å². The minimum absolute atomic E-state index is 0.118. The van der Waals surface area contributed by atoms with Crippen molar-refractivity contribution in [1.29, 1.82) is 0 Å².